The summed E-state index contributed by atoms with van der Waals surface area (Å²) in [5.74, 6) is -0.533. The fourth-order valence-electron chi connectivity index (χ4n) is 4.17. The van der Waals surface area contributed by atoms with E-state index in [4.69, 9.17) is 9.47 Å². The van der Waals surface area contributed by atoms with Crippen LogP contribution in [0.1, 0.15) is 34.3 Å². The number of fused-ring (bicyclic) bond motifs is 3. The molecule has 2 aliphatic rings. The van der Waals surface area contributed by atoms with E-state index < -0.39 is 11.6 Å². The minimum Gasteiger partial charge on any atom is -0.496 e. The molecule has 0 saturated carbocycles. The Balaban J connectivity index is 1.69. The Kier molecular flexibility index (Phi) is 4.53. The summed E-state index contributed by atoms with van der Waals surface area (Å²) in [5, 5.41) is 0. The van der Waals surface area contributed by atoms with Crippen molar-refractivity contribution in [3.05, 3.63) is 59.2 Å². The zero-order valence-corrected chi connectivity index (χ0v) is 16.6. The Morgan fingerprint density at radius 1 is 1.17 bits per heavy atom. The second-order valence-electron chi connectivity index (χ2n) is 7.32. The molecular formula is C22H22N2O5. The maximum absolute atomic E-state index is 13.3. The average Bonchev–Trinajstić information content (AvgIpc) is 3.09. The lowest BCUT2D eigenvalue weighted by Gasteiger charge is -2.46. The van der Waals surface area contributed by atoms with E-state index in [2.05, 4.69) is 0 Å². The SMILES string of the molecule is COc1ccc(C)cc1COC(=O)[C@]12CCC(=O)N1c1ccccc1C(=O)N2C. The lowest BCUT2D eigenvalue weighted by molar-refractivity contribution is -0.157. The smallest absolute Gasteiger partial charge is 0.354 e. The number of anilines is 1. The van der Waals surface area contributed by atoms with Gasteiger partial charge in [-0.25, -0.2) is 4.79 Å². The first-order chi connectivity index (χ1) is 13.9. The number of hydrogen-bond acceptors (Lipinski definition) is 5. The van der Waals surface area contributed by atoms with Gasteiger partial charge in [0, 0.05) is 25.5 Å². The third-order valence-electron chi connectivity index (χ3n) is 5.66. The molecule has 7 nitrogen and oxygen atoms in total. The topological polar surface area (TPSA) is 76.1 Å². The Labute approximate surface area is 168 Å². The molecule has 0 spiro atoms. The maximum Gasteiger partial charge on any atom is 0.354 e. The van der Waals surface area contributed by atoms with Gasteiger partial charge in [0.05, 0.1) is 18.4 Å². The van der Waals surface area contributed by atoms with Gasteiger partial charge in [-0.05, 0) is 31.2 Å². The Morgan fingerprint density at radius 2 is 1.93 bits per heavy atom. The molecule has 2 aliphatic heterocycles. The minimum absolute atomic E-state index is 0.0167. The number of esters is 1. The van der Waals surface area contributed by atoms with Gasteiger partial charge in [-0.2, -0.15) is 0 Å². The number of nitrogens with zero attached hydrogens (tertiary/aromatic N) is 2. The first-order valence-corrected chi connectivity index (χ1v) is 9.41. The van der Waals surface area contributed by atoms with Gasteiger partial charge < -0.3 is 14.4 Å². The Morgan fingerprint density at radius 3 is 2.69 bits per heavy atom. The van der Waals surface area contributed by atoms with Crippen LogP contribution in [0.5, 0.6) is 5.75 Å². The molecule has 1 fully saturated rings. The maximum atomic E-state index is 13.3. The molecule has 2 aromatic rings. The van der Waals surface area contributed by atoms with Crippen LogP contribution < -0.4 is 9.64 Å². The molecule has 2 aromatic carbocycles. The number of likely N-dealkylation sites (N-methyl/N-ethyl adjacent to an activating group) is 1. The van der Waals surface area contributed by atoms with Gasteiger partial charge in [0.25, 0.3) is 5.91 Å². The van der Waals surface area contributed by atoms with Crippen LogP contribution in [0.15, 0.2) is 42.5 Å². The Bertz CT molecular complexity index is 1020. The molecule has 1 saturated heterocycles. The minimum atomic E-state index is -1.47. The van der Waals surface area contributed by atoms with E-state index in [1.807, 2.05) is 25.1 Å². The third kappa shape index (κ3) is 2.76. The summed E-state index contributed by atoms with van der Waals surface area (Å²) >= 11 is 0. The number of carbonyl (C=O) groups is 3. The second kappa shape index (κ2) is 6.92. The first-order valence-electron chi connectivity index (χ1n) is 9.41. The van der Waals surface area contributed by atoms with E-state index in [0.29, 0.717) is 17.0 Å². The fourth-order valence-corrected chi connectivity index (χ4v) is 4.17. The molecule has 1 atom stereocenters. The van der Waals surface area contributed by atoms with Crippen LogP contribution in [0, 0.1) is 6.92 Å². The van der Waals surface area contributed by atoms with Crippen molar-refractivity contribution < 1.29 is 23.9 Å². The van der Waals surface area contributed by atoms with Gasteiger partial charge in [0.15, 0.2) is 0 Å². The summed E-state index contributed by atoms with van der Waals surface area (Å²) in [6.07, 6.45) is 0.348. The molecule has 0 bridgehead atoms. The van der Waals surface area contributed by atoms with Crippen molar-refractivity contribution in [3.8, 4) is 5.75 Å². The largest absolute Gasteiger partial charge is 0.496 e. The van der Waals surface area contributed by atoms with Gasteiger partial charge in [0.2, 0.25) is 11.6 Å². The highest BCUT2D eigenvalue weighted by Gasteiger charge is 2.60. The summed E-state index contributed by atoms with van der Waals surface area (Å²) in [5.41, 5.74) is 1.10. The van der Waals surface area contributed by atoms with Crippen molar-refractivity contribution in [2.24, 2.45) is 0 Å². The summed E-state index contributed by atoms with van der Waals surface area (Å²) in [6, 6.07) is 12.4. The van der Waals surface area contributed by atoms with E-state index in [0.717, 1.165) is 11.1 Å². The van der Waals surface area contributed by atoms with Crippen molar-refractivity contribution in [1.82, 2.24) is 4.90 Å². The first kappa shape index (κ1) is 19.0. The summed E-state index contributed by atoms with van der Waals surface area (Å²) in [4.78, 5) is 41.7. The summed E-state index contributed by atoms with van der Waals surface area (Å²) in [7, 11) is 3.09. The van der Waals surface area contributed by atoms with Crippen molar-refractivity contribution in [1.29, 1.82) is 0 Å². The normalized spacial score (nSPS) is 20.4. The van der Waals surface area contributed by atoms with Crippen LogP contribution in [-0.2, 0) is 20.9 Å². The van der Waals surface area contributed by atoms with Crippen LogP contribution in [0.25, 0.3) is 0 Å². The average molecular weight is 394 g/mol. The van der Waals surface area contributed by atoms with Crippen LogP contribution >= 0.6 is 0 Å². The molecule has 0 aliphatic carbocycles. The standard InChI is InChI=1S/C22H22N2O5/c1-14-8-9-18(28-3)15(12-14)13-29-21(27)22-11-10-19(25)24(22)17-7-5-4-6-16(17)20(26)23(22)2/h4-9,12H,10-11,13H2,1-3H3/t22-/m0/s1. The van der Waals surface area contributed by atoms with E-state index in [9.17, 15) is 14.4 Å². The third-order valence-corrected chi connectivity index (χ3v) is 5.66. The highest BCUT2D eigenvalue weighted by molar-refractivity contribution is 6.15. The molecule has 0 unspecified atom stereocenters. The van der Waals surface area contributed by atoms with Gasteiger partial charge in [-0.15, -0.1) is 0 Å². The molecule has 150 valence electrons. The second-order valence-corrected chi connectivity index (χ2v) is 7.32. The van der Waals surface area contributed by atoms with Crippen LogP contribution in [0.4, 0.5) is 5.69 Å². The van der Waals surface area contributed by atoms with E-state index in [-0.39, 0.29) is 31.3 Å². The van der Waals surface area contributed by atoms with Crippen molar-refractivity contribution >= 4 is 23.5 Å². The van der Waals surface area contributed by atoms with Crippen LogP contribution in [0.3, 0.4) is 0 Å². The van der Waals surface area contributed by atoms with Gasteiger partial charge >= 0.3 is 5.97 Å². The number of carbonyl (C=O) groups excluding carboxylic acids is 3. The number of para-hydroxylation sites is 1. The molecule has 0 radical (unpaired) electrons. The predicted molar refractivity (Wildman–Crippen MR) is 106 cm³/mol. The summed E-state index contributed by atoms with van der Waals surface area (Å²) < 4.78 is 11.0. The predicted octanol–water partition coefficient (Wildman–Crippen LogP) is 2.66. The molecule has 4 rings (SSSR count). The molecule has 29 heavy (non-hydrogen) atoms. The number of amides is 2. The van der Waals surface area contributed by atoms with Gasteiger partial charge in [0.1, 0.15) is 12.4 Å². The number of hydrogen-bond donors (Lipinski definition) is 0. The summed E-state index contributed by atoms with van der Waals surface area (Å²) in [6.45, 7) is 1.92. The lowest BCUT2D eigenvalue weighted by atomic mass is 9.97. The molecular weight excluding hydrogens is 372 g/mol. The molecule has 2 amide bonds. The quantitative estimate of drug-likeness (QED) is 0.746. The van der Waals surface area contributed by atoms with Crippen molar-refractivity contribution in [2.45, 2.75) is 32.0 Å². The van der Waals surface area contributed by atoms with Crippen LogP contribution in [0.2, 0.25) is 0 Å². The fraction of sp³-hybridized carbons (Fsp3) is 0.318. The lowest BCUT2D eigenvalue weighted by Crippen LogP contribution is -2.67. The molecule has 0 N–H and O–H groups in total. The van der Waals surface area contributed by atoms with E-state index >= 15 is 0 Å². The van der Waals surface area contributed by atoms with Crippen LogP contribution in [-0.4, -0.2) is 42.5 Å². The highest BCUT2D eigenvalue weighted by Crippen LogP contribution is 2.44. The Hall–Kier alpha value is -3.35. The zero-order valence-electron chi connectivity index (χ0n) is 16.6. The monoisotopic (exact) mass is 394 g/mol. The number of benzene rings is 2. The molecule has 0 aromatic heterocycles. The molecule has 2 heterocycles. The van der Waals surface area contributed by atoms with Gasteiger partial charge in [-0.3, -0.25) is 14.5 Å². The molecule has 7 heteroatoms. The number of aryl methyl sites for hydroxylation is 1. The number of methoxy groups -OCH3 is 1. The van der Waals surface area contributed by atoms with E-state index in [1.54, 1.807) is 38.4 Å². The van der Waals surface area contributed by atoms with Gasteiger partial charge in [-0.1, -0.05) is 23.8 Å². The van der Waals surface area contributed by atoms with Crippen molar-refractivity contribution in [3.63, 3.8) is 0 Å². The number of rotatable bonds is 4. The van der Waals surface area contributed by atoms with Crippen molar-refractivity contribution in [2.75, 3.05) is 19.1 Å². The highest BCUT2D eigenvalue weighted by atomic mass is 16.5. The number of ether oxygens (including phenoxy) is 2. The van der Waals surface area contributed by atoms with E-state index in [1.165, 1.54) is 9.80 Å². The zero-order chi connectivity index (χ0) is 20.8.